The molecule has 0 amide bonds. The molecule has 3 rings (SSSR count). The summed E-state index contributed by atoms with van der Waals surface area (Å²) in [5.74, 6) is 0.885. The van der Waals surface area contributed by atoms with E-state index in [1.165, 1.54) is 12.8 Å². The zero-order valence-electron chi connectivity index (χ0n) is 8.99. The minimum atomic E-state index is 0.0341. The third-order valence-electron chi connectivity index (χ3n) is 3.95. The van der Waals surface area contributed by atoms with Gasteiger partial charge in [-0.15, -0.1) is 0 Å². The van der Waals surface area contributed by atoms with Crippen LogP contribution in [0.1, 0.15) is 31.4 Å². The predicted octanol–water partition coefficient (Wildman–Crippen LogP) is 1.61. The smallest absolute Gasteiger partial charge is 0.122 e. The highest BCUT2D eigenvalue weighted by molar-refractivity contribution is 5.39. The minimum absolute atomic E-state index is 0.0341. The van der Waals surface area contributed by atoms with Gasteiger partial charge in [0, 0.05) is 23.2 Å². The molecule has 2 aliphatic carbocycles. The standard InChI is InChI=1S/C12H16N2O/c1-15-9-2-7-14-10(8-9)11(3-4-11)12(13)5-6-12/h2,7-8H,3-6,13H2,1H3. The highest BCUT2D eigenvalue weighted by Gasteiger charge is 2.65. The normalized spacial score (nSPS) is 24.7. The lowest BCUT2D eigenvalue weighted by atomic mass is 9.90. The number of aromatic nitrogens is 1. The van der Waals surface area contributed by atoms with Crippen LogP contribution in [0.4, 0.5) is 0 Å². The van der Waals surface area contributed by atoms with E-state index in [1.54, 1.807) is 7.11 Å². The Morgan fingerprint density at radius 1 is 1.33 bits per heavy atom. The van der Waals surface area contributed by atoms with Crippen LogP contribution in [0.5, 0.6) is 5.75 Å². The summed E-state index contributed by atoms with van der Waals surface area (Å²) in [6, 6.07) is 3.93. The fourth-order valence-electron chi connectivity index (χ4n) is 2.55. The van der Waals surface area contributed by atoms with E-state index in [4.69, 9.17) is 10.5 Å². The zero-order valence-corrected chi connectivity index (χ0v) is 8.99. The molecule has 3 nitrogen and oxygen atoms in total. The van der Waals surface area contributed by atoms with E-state index in [2.05, 4.69) is 4.98 Å². The van der Waals surface area contributed by atoms with E-state index >= 15 is 0 Å². The van der Waals surface area contributed by atoms with Crippen LogP contribution in [0, 0.1) is 0 Å². The Morgan fingerprint density at radius 3 is 2.60 bits per heavy atom. The average Bonchev–Trinajstić information content (AvgIpc) is 3.13. The summed E-state index contributed by atoms with van der Waals surface area (Å²) in [6.07, 6.45) is 6.48. The van der Waals surface area contributed by atoms with E-state index in [0.717, 1.165) is 24.3 Å². The molecular weight excluding hydrogens is 188 g/mol. The first-order valence-electron chi connectivity index (χ1n) is 5.50. The van der Waals surface area contributed by atoms with Crippen LogP contribution in [-0.4, -0.2) is 17.6 Å². The summed E-state index contributed by atoms with van der Waals surface area (Å²) in [7, 11) is 1.69. The second kappa shape index (κ2) is 2.73. The first kappa shape index (κ1) is 9.16. The van der Waals surface area contributed by atoms with Gasteiger partial charge in [0.1, 0.15) is 5.75 Å². The van der Waals surface area contributed by atoms with Crippen molar-refractivity contribution >= 4 is 0 Å². The van der Waals surface area contributed by atoms with Crippen molar-refractivity contribution in [2.45, 2.75) is 36.6 Å². The van der Waals surface area contributed by atoms with E-state index < -0.39 is 0 Å². The second-order valence-electron chi connectivity index (χ2n) is 4.82. The summed E-state index contributed by atoms with van der Waals surface area (Å²) >= 11 is 0. The number of methoxy groups -OCH3 is 1. The fourth-order valence-corrected chi connectivity index (χ4v) is 2.55. The maximum atomic E-state index is 6.33. The van der Waals surface area contributed by atoms with Crippen LogP contribution < -0.4 is 10.5 Å². The lowest BCUT2D eigenvalue weighted by molar-refractivity contribution is 0.410. The Hall–Kier alpha value is -1.09. The van der Waals surface area contributed by atoms with Gasteiger partial charge in [0.2, 0.25) is 0 Å². The highest BCUT2D eigenvalue weighted by atomic mass is 16.5. The molecule has 0 atom stereocenters. The van der Waals surface area contributed by atoms with Gasteiger partial charge in [0.25, 0.3) is 0 Å². The van der Waals surface area contributed by atoms with Crippen molar-refractivity contribution in [1.82, 2.24) is 4.98 Å². The number of rotatable bonds is 3. The third-order valence-corrected chi connectivity index (χ3v) is 3.95. The zero-order chi connectivity index (χ0) is 10.5. The Morgan fingerprint density at radius 2 is 2.07 bits per heavy atom. The number of hydrogen-bond donors (Lipinski definition) is 1. The van der Waals surface area contributed by atoms with Crippen LogP contribution >= 0.6 is 0 Å². The Labute approximate surface area is 89.6 Å². The van der Waals surface area contributed by atoms with E-state index in [9.17, 15) is 0 Å². The highest BCUT2D eigenvalue weighted by Crippen LogP contribution is 2.63. The van der Waals surface area contributed by atoms with Gasteiger partial charge in [-0.25, -0.2) is 0 Å². The van der Waals surface area contributed by atoms with Crippen molar-refractivity contribution in [3.05, 3.63) is 24.0 Å². The molecule has 0 bridgehead atoms. The summed E-state index contributed by atoms with van der Waals surface area (Å²) in [5, 5.41) is 0. The molecule has 0 radical (unpaired) electrons. The van der Waals surface area contributed by atoms with Gasteiger partial charge in [-0.2, -0.15) is 0 Å². The van der Waals surface area contributed by atoms with E-state index in [1.807, 2.05) is 18.3 Å². The van der Waals surface area contributed by atoms with Crippen molar-refractivity contribution < 1.29 is 4.74 Å². The van der Waals surface area contributed by atoms with Gasteiger partial charge in [0.05, 0.1) is 12.8 Å². The predicted molar refractivity (Wildman–Crippen MR) is 57.9 cm³/mol. The van der Waals surface area contributed by atoms with E-state index in [0.29, 0.717) is 0 Å². The van der Waals surface area contributed by atoms with Crippen molar-refractivity contribution in [2.24, 2.45) is 5.73 Å². The molecule has 2 fully saturated rings. The number of ether oxygens (including phenoxy) is 1. The number of pyridine rings is 1. The maximum Gasteiger partial charge on any atom is 0.122 e. The third kappa shape index (κ3) is 1.19. The Balaban J connectivity index is 1.98. The molecule has 1 aromatic rings. The van der Waals surface area contributed by atoms with Crippen molar-refractivity contribution in [3.8, 4) is 5.75 Å². The first-order chi connectivity index (χ1) is 7.20. The molecule has 0 aromatic carbocycles. The van der Waals surface area contributed by atoms with Crippen LogP contribution in [0.2, 0.25) is 0 Å². The second-order valence-corrected chi connectivity index (χ2v) is 4.82. The molecule has 0 unspecified atom stereocenters. The molecule has 2 N–H and O–H groups in total. The summed E-state index contributed by atoms with van der Waals surface area (Å²) < 4.78 is 5.23. The Bertz CT molecular complexity index is 394. The molecular formula is C12H16N2O. The lowest BCUT2D eigenvalue weighted by Gasteiger charge is -2.22. The number of nitrogens with zero attached hydrogens (tertiary/aromatic N) is 1. The Kier molecular flexibility index (Phi) is 1.67. The van der Waals surface area contributed by atoms with Crippen molar-refractivity contribution in [1.29, 1.82) is 0 Å². The monoisotopic (exact) mass is 204 g/mol. The molecule has 2 saturated carbocycles. The van der Waals surface area contributed by atoms with Crippen LogP contribution in [0.25, 0.3) is 0 Å². The molecule has 1 heterocycles. The molecule has 0 aliphatic heterocycles. The largest absolute Gasteiger partial charge is 0.497 e. The lowest BCUT2D eigenvalue weighted by Crippen LogP contribution is -2.37. The topological polar surface area (TPSA) is 48.1 Å². The number of hydrogen-bond acceptors (Lipinski definition) is 3. The van der Waals surface area contributed by atoms with Gasteiger partial charge in [-0.05, 0) is 31.7 Å². The van der Waals surface area contributed by atoms with Crippen LogP contribution in [-0.2, 0) is 5.41 Å². The van der Waals surface area contributed by atoms with Crippen LogP contribution in [0.3, 0.4) is 0 Å². The summed E-state index contributed by atoms with van der Waals surface area (Å²) in [5.41, 5.74) is 7.66. The molecule has 0 saturated heterocycles. The van der Waals surface area contributed by atoms with Gasteiger partial charge < -0.3 is 10.5 Å². The minimum Gasteiger partial charge on any atom is -0.497 e. The molecule has 3 heteroatoms. The summed E-state index contributed by atoms with van der Waals surface area (Å²) in [6.45, 7) is 0. The quantitative estimate of drug-likeness (QED) is 0.813. The summed E-state index contributed by atoms with van der Waals surface area (Å²) in [4.78, 5) is 4.47. The number of nitrogens with two attached hydrogens (primary N) is 1. The molecule has 2 aliphatic rings. The van der Waals surface area contributed by atoms with Crippen molar-refractivity contribution in [2.75, 3.05) is 7.11 Å². The molecule has 80 valence electrons. The molecule has 0 spiro atoms. The van der Waals surface area contributed by atoms with Gasteiger partial charge in [-0.1, -0.05) is 0 Å². The van der Waals surface area contributed by atoms with Gasteiger partial charge in [-0.3, -0.25) is 4.98 Å². The van der Waals surface area contributed by atoms with Gasteiger partial charge in [0.15, 0.2) is 0 Å². The fraction of sp³-hybridized carbons (Fsp3) is 0.583. The van der Waals surface area contributed by atoms with Crippen molar-refractivity contribution in [3.63, 3.8) is 0 Å². The molecule has 15 heavy (non-hydrogen) atoms. The first-order valence-corrected chi connectivity index (χ1v) is 5.50. The van der Waals surface area contributed by atoms with E-state index in [-0.39, 0.29) is 11.0 Å². The SMILES string of the molecule is COc1ccnc(C2(C3(N)CC3)CC2)c1. The van der Waals surface area contributed by atoms with Crippen LogP contribution in [0.15, 0.2) is 18.3 Å². The maximum absolute atomic E-state index is 6.33. The molecule has 1 aromatic heterocycles. The van der Waals surface area contributed by atoms with Gasteiger partial charge >= 0.3 is 0 Å². The average molecular weight is 204 g/mol.